The number of nitrogens with one attached hydrogen (secondary N) is 2. The van der Waals surface area contributed by atoms with Crippen molar-refractivity contribution in [3.05, 3.63) is 30.6 Å². The molecule has 1 aromatic carbocycles. The van der Waals surface area contributed by atoms with E-state index in [0.29, 0.717) is 32.1 Å². The predicted octanol–water partition coefficient (Wildman–Crippen LogP) is 0.150. The Hall–Kier alpha value is -2.90. The number of urea groups is 1. The Bertz CT molecular complexity index is 716. The lowest BCUT2D eigenvalue weighted by Gasteiger charge is -2.14. The lowest BCUT2D eigenvalue weighted by molar-refractivity contribution is -0.123. The van der Waals surface area contributed by atoms with Crippen LogP contribution in [0, 0.1) is 0 Å². The topological polar surface area (TPSA) is 96.4 Å². The van der Waals surface area contributed by atoms with Crippen LogP contribution in [0.15, 0.2) is 30.6 Å². The minimum absolute atomic E-state index is 0.0945. The summed E-state index contributed by atoms with van der Waals surface area (Å²) in [4.78, 5) is 33.0. The molecule has 8 nitrogen and oxygen atoms in total. The third-order valence-electron chi connectivity index (χ3n) is 3.50. The van der Waals surface area contributed by atoms with Crippen LogP contribution in [-0.2, 0) is 4.79 Å². The van der Waals surface area contributed by atoms with Crippen molar-refractivity contribution in [2.75, 3.05) is 32.8 Å². The first-order chi connectivity index (χ1) is 11.2. The zero-order valence-corrected chi connectivity index (χ0v) is 12.5. The molecule has 1 aromatic heterocycles. The monoisotopic (exact) mass is 315 g/mol. The van der Waals surface area contributed by atoms with Crippen molar-refractivity contribution in [2.45, 2.75) is 0 Å². The number of nitrogens with zero attached hydrogens (tertiary/aromatic N) is 3. The summed E-state index contributed by atoms with van der Waals surface area (Å²) in [6, 6.07) is 7.34. The van der Waals surface area contributed by atoms with E-state index in [1.165, 1.54) is 6.33 Å². The second kappa shape index (κ2) is 6.91. The van der Waals surface area contributed by atoms with Crippen LogP contribution in [0.2, 0.25) is 0 Å². The highest BCUT2D eigenvalue weighted by atomic mass is 16.5. The van der Waals surface area contributed by atoms with Crippen molar-refractivity contribution < 1.29 is 14.3 Å². The third kappa shape index (κ3) is 3.65. The minimum atomic E-state index is -0.257. The molecule has 1 fully saturated rings. The number of fused-ring (bicyclic) bond motifs is 1. The molecule has 120 valence electrons. The van der Waals surface area contributed by atoms with Crippen LogP contribution in [-0.4, -0.2) is 59.6 Å². The average Bonchev–Trinajstić information content (AvgIpc) is 2.98. The normalized spacial score (nSPS) is 13.9. The van der Waals surface area contributed by atoms with Gasteiger partial charge in [-0.2, -0.15) is 0 Å². The fourth-order valence-corrected chi connectivity index (χ4v) is 2.33. The van der Waals surface area contributed by atoms with Gasteiger partial charge in [0.2, 0.25) is 5.88 Å². The summed E-state index contributed by atoms with van der Waals surface area (Å²) >= 11 is 0. The Labute approximate surface area is 132 Å². The van der Waals surface area contributed by atoms with E-state index in [2.05, 4.69) is 20.6 Å². The number of para-hydroxylation sites is 1. The maximum atomic E-state index is 11.8. The molecule has 8 heteroatoms. The molecule has 0 spiro atoms. The van der Waals surface area contributed by atoms with E-state index >= 15 is 0 Å². The van der Waals surface area contributed by atoms with Crippen molar-refractivity contribution in [1.29, 1.82) is 0 Å². The van der Waals surface area contributed by atoms with Gasteiger partial charge in [0.05, 0.1) is 10.9 Å². The van der Waals surface area contributed by atoms with Gasteiger partial charge in [0.25, 0.3) is 5.91 Å². The van der Waals surface area contributed by atoms with Gasteiger partial charge in [0.1, 0.15) is 6.33 Å². The number of carbonyl (C=O) groups is 2. The zero-order chi connectivity index (χ0) is 16.1. The lowest BCUT2D eigenvalue weighted by atomic mass is 10.2. The molecule has 0 aliphatic carbocycles. The van der Waals surface area contributed by atoms with Gasteiger partial charge in [-0.25, -0.2) is 14.8 Å². The Morgan fingerprint density at radius 3 is 3.04 bits per heavy atom. The van der Waals surface area contributed by atoms with Gasteiger partial charge in [-0.05, 0) is 12.1 Å². The second-order valence-corrected chi connectivity index (χ2v) is 5.05. The number of aromatic nitrogens is 2. The van der Waals surface area contributed by atoms with E-state index < -0.39 is 0 Å². The smallest absolute Gasteiger partial charge is 0.317 e. The standard InChI is InChI=1S/C15H17N5O3/c21-13(16-5-7-20-8-6-17-15(20)22)9-23-14-11-3-1-2-4-12(11)18-10-19-14/h1-4,10H,5-9H2,(H,16,21)(H,17,22). The number of ether oxygens (including phenoxy) is 1. The van der Waals surface area contributed by atoms with E-state index in [-0.39, 0.29) is 18.5 Å². The minimum Gasteiger partial charge on any atom is -0.467 e. The molecular weight excluding hydrogens is 298 g/mol. The molecule has 3 amide bonds. The van der Waals surface area contributed by atoms with Crippen LogP contribution in [0.1, 0.15) is 0 Å². The highest BCUT2D eigenvalue weighted by Crippen LogP contribution is 2.20. The Morgan fingerprint density at radius 2 is 2.22 bits per heavy atom. The Balaban J connectivity index is 1.47. The van der Waals surface area contributed by atoms with Gasteiger partial charge in [-0.1, -0.05) is 12.1 Å². The number of benzene rings is 1. The van der Waals surface area contributed by atoms with E-state index in [0.717, 1.165) is 10.9 Å². The fraction of sp³-hybridized carbons (Fsp3) is 0.333. The quantitative estimate of drug-likeness (QED) is 0.791. The Morgan fingerprint density at radius 1 is 1.35 bits per heavy atom. The van der Waals surface area contributed by atoms with E-state index in [1.54, 1.807) is 4.90 Å². The highest BCUT2D eigenvalue weighted by Gasteiger charge is 2.18. The number of carbonyl (C=O) groups excluding carboxylic acids is 2. The van der Waals surface area contributed by atoms with Crippen molar-refractivity contribution in [3.8, 4) is 5.88 Å². The van der Waals surface area contributed by atoms with Gasteiger partial charge in [0.15, 0.2) is 6.61 Å². The molecule has 2 N–H and O–H groups in total. The molecule has 0 saturated carbocycles. The van der Waals surface area contributed by atoms with Gasteiger partial charge in [-0.15, -0.1) is 0 Å². The number of hydrogen-bond acceptors (Lipinski definition) is 5. The van der Waals surface area contributed by atoms with Gasteiger partial charge >= 0.3 is 6.03 Å². The number of hydrogen-bond donors (Lipinski definition) is 2. The molecule has 2 aromatic rings. The lowest BCUT2D eigenvalue weighted by Crippen LogP contribution is -2.38. The van der Waals surface area contributed by atoms with Crippen LogP contribution < -0.4 is 15.4 Å². The Kier molecular flexibility index (Phi) is 4.51. The summed E-state index contributed by atoms with van der Waals surface area (Å²) in [5.41, 5.74) is 0.762. The molecular formula is C15H17N5O3. The summed E-state index contributed by atoms with van der Waals surface area (Å²) in [5.74, 6) is 0.122. The zero-order valence-electron chi connectivity index (χ0n) is 12.5. The molecule has 1 aliphatic rings. The summed E-state index contributed by atoms with van der Waals surface area (Å²) < 4.78 is 5.47. The van der Waals surface area contributed by atoms with Crippen LogP contribution in [0.3, 0.4) is 0 Å². The maximum absolute atomic E-state index is 11.8. The van der Waals surface area contributed by atoms with Crippen molar-refractivity contribution in [3.63, 3.8) is 0 Å². The molecule has 0 atom stereocenters. The highest BCUT2D eigenvalue weighted by molar-refractivity contribution is 5.84. The third-order valence-corrected chi connectivity index (χ3v) is 3.50. The molecule has 23 heavy (non-hydrogen) atoms. The molecule has 1 aliphatic heterocycles. The van der Waals surface area contributed by atoms with E-state index in [9.17, 15) is 9.59 Å². The van der Waals surface area contributed by atoms with Crippen LogP contribution in [0.25, 0.3) is 10.9 Å². The first kappa shape index (κ1) is 15.0. The van der Waals surface area contributed by atoms with Gasteiger partial charge in [-0.3, -0.25) is 4.79 Å². The number of rotatable bonds is 6. The summed E-state index contributed by atoms with van der Waals surface area (Å²) in [5, 5.41) is 6.19. The summed E-state index contributed by atoms with van der Waals surface area (Å²) in [6.07, 6.45) is 1.40. The fourth-order valence-electron chi connectivity index (χ4n) is 2.33. The van der Waals surface area contributed by atoms with Gasteiger partial charge < -0.3 is 20.3 Å². The summed E-state index contributed by atoms with van der Waals surface area (Å²) in [6.45, 7) is 2.05. The SMILES string of the molecule is O=C(COc1ncnc2ccccc12)NCCN1CCNC1=O. The largest absolute Gasteiger partial charge is 0.467 e. The van der Waals surface area contributed by atoms with Crippen LogP contribution in [0.5, 0.6) is 5.88 Å². The molecule has 0 bridgehead atoms. The predicted molar refractivity (Wildman–Crippen MR) is 83.0 cm³/mol. The van der Waals surface area contributed by atoms with Crippen molar-refractivity contribution in [1.82, 2.24) is 25.5 Å². The second-order valence-electron chi connectivity index (χ2n) is 5.05. The molecule has 1 saturated heterocycles. The molecule has 0 radical (unpaired) electrons. The van der Waals surface area contributed by atoms with Crippen LogP contribution >= 0.6 is 0 Å². The van der Waals surface area contributed by atoms with Crippen molar-refractivity contribution >= 4 is 22.8 Å². The maximum Gasteiger partial charge on any atom is 0.317 e. The average molecular weight is 315 g/mol. The van der Waals surface area contributed by atoms with Crippen molar-refractivity contribution in [2.24, 2.45) is 0 Å². The first-order valence-corrected chi connectivity index (χ1v) is 7.36. The molecule has 0 unspecified atom stereocenters. The summed E-state index contributed by atoms with van der Waals surface area (Å²) in [7, 11) is 0. The van der Waals surface area contributed by atoms with Gasteiger partial charge in [0, 0.05) is 26.2 Å². The first-order valence-electron chi connectivity index (χ1n) is 7.36. The van der Waals surface area contributed by atoms with E-state index in [4.69, 9.17) is 4.74 Å². The van der Waals surface area contributed by atoms with Crippen LogP contribution in [0.4, 0.5) is 4.79 Å². The molecule has 2 heterocycles. The van der Waals surface area contributed by atoms with E-state index in [1.807, 2.05) is 24.3 Å². The molecule has 3 rings (SSSR count). The number of amides is 3.